The largest absolute Gasteiger partial charge is 0.494 e. The first-order chi connectivity index (χ1) is 18.6. The van der Waals surface area contributed by atoms with Crippen LogP contribution in [0.4, 0.5) is 11.4 Å². The number of unbranched alkanes of at least 4 members (excludes halogenated alkanes) is 10. The molecule has 38 heavy (non-hydrogen) atoms. The van der Waals surface area contributed by atoms with Crippen molar-refractivity contribution in [3.8, 4) is 34.0 Å². The molecule has 1 aromatic heterocycles. The van der Waals surface area contributed by atoms with Crippen LogP contribution in [0.2, 0.25) is 0 Å². The van der Waals surface area contributed by atoms with Gasteiger partial charge < -0.3 is 20.9 Å². The Kier molecular flexibility index (Phi) is 12.7. The van der Waals surface area contributed by atoms with Crippen LogP contribution in [0.15, 0.2) is 48.5 Å². The van der Waals surface area contributed by atoms with E-state index >= 15 is 0 Å². The van der Waals surface area contributed by atoms with E-state index in [9.17, 15) is 0 Å². The lowest BCUT2D eigenvalue weighted by Crippen LogP contribution is -2.05. The van der Waals surface area contributed by atoms with Gasteiger partial charge in [0.05, 0.1) is 24.6 Å². The molecule has 0 spiro atoms. The SMILES string of the molecule is CCCCCCCCOc1ccc(-c2nnc(-c3ccc(OCCCCCCCC)cc3)c(N)c2N)cc1. The van der Waals surface area contributed by atoms with Crippen LogP contribution in [0.1, 0.15) is 90.9 Å². The number of hydrogen-bond donors (Lipinski definition) is 2. The van der Waals surface area contributed by atoms with E-state index in [1.807, 2.05) is 48.5 Å². The zero-order chi connectivity index (χ0) is 27.0. The molecular weight excluding hydrogens is 472 g/mol. The molecule has 0 aliphatic heterocycles. The average molecular weight is 519 g/mol. The predicted molar refractivity (Wildman–Crippen MR) is 159 cm³/mol. The summed E-state index contributed by atoms with van der Waals surface area (Å²) in [6, 6.07) is 15.6. The molecule has 0 saturated heterocycles. The van der Waals surface area contributed by atoms with E-state index in [1.54, 1.807) is 0 Å². The van der Waals surface area contributed by atoms with Crippen molar-refractivity contribution in [3.05, 3.63) is 48.5 Å². The molecule has 3 rings (SSSR count). The van der Waals surface area contributed by atoms with Crippen molar-refractivity contribution < 1.29 is 9.47 Å². The molecule has 0 aliphatic carbocycles. The summed E-state index contributed by atoms with van der Waals surface area (Å²) in [5, 5.41) is 8.83. The second-order valence-corrected chi connectivity index (χ2v) is 10.0. The third-order valence-corrected chi connectivity index (χ3v) is 6.84. The van der Waals surface area contributed by atoms with Gasteiger partial charge in [0.1, 0.15) is 22.9 Å². The van der Waals surface area contributed by atoms with Gasteiger partial charge in [-0.2, -0.15) is 0 Å². The molecule has 0 fully saturated rings. The van der Waals surface area contributed by atoms with Gasteiger partial charge in [0.2, 0.25) is 0 Å². The minimum Gasteiger partial charge on any atom is -0.494 e. The second-order valence-electron chi connectivity index (χ2n) is 10.0. The topological polar surface area (TPSA) is 96.3 Å². The van der Waals surface area contributed by atoms with Crippen LogP contribution in [0, 0.1) is 0 Å². The summed E-state index contributed by atoms with van der Waals surface area (Å²) in [5.74, 6) is 1.69. The van der Waals surface area contributed by atoms with E-state index < -0.39 is 0 Å². The lowest BCUT2D eigenvalue weighted by atomic mass is 10.1. The number of nitrogens with two attached hydrogens (primary N) is 2. The molecule has 1 heterocycles. The highest BCUT2D eigenvalue weighted by Gasteiger charge is 2.15. The quantitative estimate of drug-likeness (QED) is 0.164. The van der Waals surface area contributed by atoms with Gasteiger partial charge in [0.25, 0.3) is 0 Å². The van der Waals surface area contributed by atoms with E-state index in [4.69, 9.17) is 20.9 Å². The van der Waals surface area contributed by atoms with E-state index in [-0.39, 0.29) is 0 Å². The highest BCUT2D eigenvalue weighted by atomic mass is 16.5. The van der Waals surface area contributed by atoms with Gasteiger partial charge in [-0.1, -0.05) is 78.1 Å². The van der Waals surface area contributed by atoms with Crippen LogP contribution >= 0.6 is 0 Å². The molecule has 0 saturated carbocycles. The Morgan fingerprint density at radius 1 is 0.500 bits per heavy atom. The summed E-state index contributed by atoms with van der Waals surface area (Å²) in [4.78, 5) is 0. The van der Waals surface area contributed by atoms with Crippen molar-refractivity contribution in [1.29, 1.82) is 0 Å². The van der Waals surface area contributed by atoms with Gasteiger partial charge in [-0.05, 0) is 61.4 Å². The molecule has 206 valence electrons. The van der Waals surface area contributed by atoms with Crippen molar-refractivity contribution in [1.82, 2.24) is 10.2 Å². The third kappa shape index (κ3) is 9.23. The Morgan fingerprint density at radius 3 is 1.21 bits per heavy atom. The summed E-state index contributed by atoms with van der Waals surface area (Å²) < 4.78 is 11.8. The van der Waals surface area contributed by atoms with Crippen LogP contribution in [0.25, 0.3) is 22.5 Å². The van der Waals surface area contributed by atoms with Gasteiger partial charge in [0.15, 0.2) is 0 Å². The molecule has 3 aromatic rings. The lowest BCUT2D eigenvalue weighted by Gasteiger charge is -2.12. The van der Waals surface area contributed by atoms with Crippen LogP contribution in [-0.4, -0.2) is 23.4 Å². The highest BCUT2D eigenvalue weighted by Crippen LogP contribution is 2.35. The van der Waals surface area contributed by atoms with E-state index in [0.29, 0.717) is 22.8 Å². The lowest BCUT2D eigenvalue weighted by molar-refractivity contribution is 0.304. The molecular formula is C32H46N4O2. The van der Waals surface area contributed by atoms with Crippen molar-refractivity contribution in [2.45, 2.75) is 90.9 Å². The zero-order valence-electron chi connectivity index (χ0n) is 23.4. The fourth-order valence-electron chi connectivity index (χ4n) is 4.45. The van der Waals surface area contributed by atoms with Gasteiger partial charge in [0, 0.05) is 11.1 Å². The second kappa shape index (κ2) is 16.5. The third-order valence-electron chi connectivity index (χ3n) is 6.84. The number of aromatic nitrogens is 2. The molecule has 6 heteroatoms. The molecule has 0 radical (unpaired) electrons. The van der Waals surface area contributed by atoms with Gasteiger partial charge in [-0.15, -0.1) is 10.2 Å². The molecule has 0 bridgehead atoms. The van der Waals surface area contributed by atoms with Crippen molar-refractivity contribution in [2.75, 3.05) is 24.7 Å². The van der Waals surface area contributed by atoms with Crippen molar-refractivity contribution in [3.63, 3.8) is 0 Å². The minimum atomic E-state index is 0.430. The number of anilines is 2. The number of ether oxygens (including phenoxy) is 2. The van der Waals surface area contributed by atoms with Crippen LogP contribution in [0.3, 0.4) is 0 Å². The van der Waals surface area contributed by atoms with Crippen molar-refractivity contribution in [2.24, 2.45) is 0 Å². The zero-order valence-corrected chi connectivity index (χ0v) is 23.4. The summed E-state index contributed by atoms with van der Waals surface area (Å²) in [6.45, 7) is 5.94. The summed E-state index contributed by atoms with van der Waals surface area (Å²) in [6.07, 6.45) is 15.0. The van der Waals surface area contributed by atoms with Crippen LogP contribution in [-0.2, 0) is 0 Å². The monoisotopic (exact) mass is 518 g/mol. The summed E-state index contributed by atoms with van der Waals surface area (Å²) in [5.41, 5.74) is 16.6. The maximum absolute atomic E-state index is 6.41. The number of hydrogen-bond acceptors (Lipinski definition) is 6. The Bertz CT molecular complexity index is 982. The minimum absolute atomic E-state index is 0.430. The summed E-state index contributed by atoms with van der Waals surface area (Å²) in [7, 11) is 0. The fraction of sp³-hybridized carbons (Fsp3) is 0.500. The summed E-state index contributed by atoms with van der Waals surface area (Å²) >= 11 is 0. The molecule has 2 aromatic carbocycles. The van der Waals surface area contributed by atoms with Crippen molar-refractivity contribution >= 4 is 11.4 Å². The van der Waals surface area contributed by atoms with E-state index in [0.717, 1.165) is 48.7 Å². The first-order valence-electron chi connectivity index (χ1n) is 14.5. The molecule has 4 N–H and O–H groups in total. The Morgan fingerprint density at radius 2 is 0.842 bits per heavy atom. The fourth-order valence-corrected chi connectivity index (χ4v) is 4.45. The normalized spacial score (nSPS) is 11.0. The number of nitrogens with zero attached hydrogens (tertiary/aromatic N) is 2. The molecule has 0 amide bonds. The highest BCUT2D eigenvalue weighted by molar-refractivity contribution is 5.89. The van der Waals surface area contributed by atoms with Gasteiger partial charge >= 0.3 is 0 Å². The van der Waals surface area contributed by atoms with Gasteiger partial charge in [-0.25, -0.2) is 0 Å². The molecule has 0 atom stereocenters. The first kappa shape index (κ1) is 29.3. The molecule has 6 nitrogen and oxygen atoms in total. The maximum Gasteiger partial charge on any atom is 0.119 e. The Balaban J connectivity index is 1.52. The number of nitrogen functional groups attached to an aromatic ring is 2. The van der Waals surface area contributed by atoms with Gasteiger partial charge in [-0.3, -0.25) is 0 Å². The Hall–Kier alpha value is -3.28. The Labute approximate surface area is 229 Å². The average Bonchev–Trinajstić information content (AvgIpc) is 2.94. The predicted octanol–water partition coefficient (Wildman–Crippen LogP) is 8.45. The smallest absolute Gasteiger partial charge is 0.119 e. The van der Waals surface area contributed by atoms with E-state index in [1.165, 1.54) is 64.2 Å². The number of rotatable bonds is 18. The standard InChI is InChI=1S/C32H46N4O2/c1-3-5-7-9-11-13-23-37-27-19-15-25(16-20-27)31-29(33)30(34)32(36-35-31)26-17-21-28(22-18-26)38-24-14-12-10-8-6-4-2/h15-22H,3-14,23-24H2,1-2H3,(H2,34,35)(H2,33,36). The first-order valence-corrected chi connectivity index (χ1v) is 14.5. The maximum atomic E-state index is 6.41. The molecule has 0 aliphatic rings. The van der Waals surface area contributed by atoms with Crippen LogP contribution in [0.5, 0.6) is 11.5 Å². The van der Waals surface area contributed by atoms with Crippen LogP contribution < -0.4 is 20.9 Å². The number of benzene rings is 2. The molecule has 0 unspecified atom stereocenters. The van der Waals surface area contributed by atoms with E-state index in [2.05, 4.69) is 24.0 Å².